The summed E-state index contributed by atoms with van der Waals surface area (Å²) in [6.45, 7) is 0.558. The predicted molar refractivity (Wildman–Crippen MR) is 109 cm³/mol. The fourth-order valence-electron chi connectivity index (χ4n) is 3.72. The molecular formula is C23H20O4S. The van der Waals surface area contributed by atoms with Gasteiger partial charge in [-0.1, -0.05) is 42.5 Å². The van der Waals surface area contributed by atoms with Crippen LogP contribution >= 0.6 is 11.8 Å². The number of benzene rings is 3. The smallest absolute Gasteiger partial charge is 0.313 e. The first-order chi connectivity index (χ1) is 13.6. The highest BCUT2D eigenvalue weighted by molar-refractivity contribution is 8.00. The van der Waals surface area contributed by atoms with E-state index < -0.39 is 5.97 Å². The molecule has 5 heteroatoms. The number of rotatable bonds is 5. The second-order valence-corrected chi connectivity index (χ2v) is 7.83. The SMILES string of the molecule is O=C(O)CSc1ccc([C@@H]2c3cc(O)ccc3OC[C@@H]2c2ccccc2)cc1. The van der Waals surface area contributed by atoms with Crippen molar-refractivity contribution in [2.75, 3.05) is 12.4 Å². The number of fused-ring (bicyclic) bond motifs is 1. The van der Waals surface area contributed by atoms with E-state index in [1.54, 1.807) is 12.1 Å². The maximum Gasteiger partial charge on any atom is 0.313 e. The van der Waals surface area contributed by atoms with Crippen molar-refractivity contribution in [1.82, 2.24) is 0 Å². The largest absolute Gasteiger partial charge is 0.508 e. The summed E-state index contributed by atoms with van der Waals surface area (Å²) in [6, 6.07) is 23.5. The Bertz CT molecular complexity index is 970. The lowest BCUT2D eigenvalue weighted by Crippen LogP contribution is -2.25. The summed E-state index contributed by atoms with van der Waals surface area (Å²) in [5.41, 5.74) is 3.26. The van der Waals surface area contributed by atoms with Crippen LogP contribution in [0.1, 0.15) is 28.5 Å². The van der Waals surface area contributed by atoms with Gasteiger partial charge in [0.05, 0.1) is 12.4 Å². The molecule has 1 aliphatic rings. The summed E-state index contributed by atoms with van der Waals surface area (Å²) < 4.78 is 6.01. The van der Waals surface area contributed by atoms with E-state index in [1.165, 1.54) is 17.3 Å². The number of aliphatic carboxylic acids is 1. The van der Waals surface area contributed by atoms with E-state index in [9.17, 15) is 9.90 Å². The third-order valence-electron chi connectivity index (χ3n) is 4.98. The lowest BCUT2D eigenvalue weighted by Gasteiger charge is -2.34. The number of ether oxygens (including phenoxy) is 1. The molecule has 0 unspecified atom stereocenters. The number of thioether (sulfide) groups is 1. The molecule has 0 fully saturated rings. The average molecular weight is 392 g/mol. The van der Waals surface area contributed by atoms with Crippen molar-refractivity contribution < 1.29 is 19.7 Å². The number of phenolic OH excluding ortho intramolecular Hbond substituents is 1. The van der Waals surface area contributed by atoms with Crippen LogP contribution in [0, 0.1) is 0 Å². The molecule has 1 heterocycles. The van der Waals surface area contributed by atoms with Crippen molar-refractivity contribution in [3.05, 3.63) is 89.5 Å². The molecule has 4 rings (SSSR count). The van der Waals surface area contributed by atoms with E-state index in [2.05, 4.69) is 12.1 Å². The number of hydrogen-bond acceptors (Lipinski definition) is 4. The second kappa shape index (κ2) is 7.98. The van der Waals surface area contributed by atoms with Crippen LogP contribution in [0.25, 0.3) is 0 Å². The van der Waals surface area contributed by atoms with E-state index in [0.29, 0.717) is 6.61 Å². The van der Waals surface area contributed by atoms with E-state index in [-0.39, 0.29) is 23.3 Å². The molecular weight excluding hydrogens is 372 g/mol. The fraction of sp³-hybridized carbons (Fsp3) is 0.174. The van der Waals surface area contributed by atoms with E-state index in [1.807, 2.05) is 48.5 Å². The van der Waals surface area contributed by atoms with Gasteiger partial charge in [0.1, 0.15) is 11.5 Å². The molecule has 142 valence electrons. The van der Waals surface area contributed by atoms with Crippen LogP contribution in [0.15, 0.2) is 77.7 Å². The summed E-state index contributed by atoms with van der Waals surface area (Å²) in [5, 5.41) is 18.9. The third kappa shape index (κ3) is 3.85. The van der Waals surface area contributed by atoms with Crippen LogP contribution in [0.4, 0.5) is 0 Å². The molecule has 0 radical (unpaired) electrons. The molecule has 0 bridgehead atoms. The van der Waals surface area contributed by atoms with Crippen LogP contribution in [-0.2, 0) is 4.79 Å². The summed E-state index contributed by atoms with van der Waals surface area (Å²) >= 11 is 1.30. The maximum atomic E-state index is 10.8. The van der Waals surface area contributed by atoms with Crippen molar-refractivity contribution in [2.45, 2.75) is 16.7 Å². The number of carboxylic acids is 1. The third-order valence-corrected chi connectivity index (χ3v) is 5.98. The standard InChI is InChI=1S/C23H20O4S/c24-17-8-11-21-19(12-17)23(20(13-27-21)15-4-2-1-3-5-15)16-6-9-18(10-7-16)28-14-22(25)26/h1-12,20,23-24H,13-14H2,(H,25,26)/t20-,23-/m1/s1. The number of carboxylic acid groups (broad SMARTS) is 1. The zero-order valence-corrected chi connectivity index (χ0v) is 15.9. The zero-order valence-electron chi connectivity index (χ0n) is 15.1. The van der Waals surface area contributed by atoms with Gasteiger partial charge in [-0.05, 0) is 41.5 Å². The lowest BCUT2D eigenvalue weighted by molar-refractivity contribution is -0.133. The monoisotopic (exact) mass is 392 g/mol. The van der Waals surface area contributed by atoms with Crippen LogP contribution in [0.2, 0.25) is 0 Å². The number of aromatic hydroxyl groups is 1. The first kappa shape index (κ1) is 18.4. The fourth-order valence-corrected chi connectivity index (χ4v) is 4.34. The van der Waals surface area contributed by atoms with Crippen LogP contribution in [0.3, 0.4) is 0 Å². The van der Waals surface area contributed by atoms with Gasteiger partial charge in [-0.2, -0.15) is 0 Å². The Morgan fingerprint density at radius 2 is 1.75 bits per heavy atom. The Kier molecular flexibility index (Phi) is 5.26. The van der Waals surface area contributed by atoms with Crippen molar-refractivity contribution in [2.24, 2.45) is 0 Å². The number of hydrogen-bond donors (Lipinski definition) is 2. The predicted octanol–water partition coefficient (Wildman–Crippen LogP) is 4.88. The van der Waals surface area contributed by atoms with Crippen molar-refractivity contribution in [3.63, 3.8) is 0 Å². The normalized spacial score (nSPS) is 18.1. The highest BCUT2D eigenvalue weighted by Crippen LogP contribution is 2.47. The van der Waals surface area contributed by atoms with Crippen molar-refractivity contribution in [3.8, 4) is 11.5 Å². The first-order valence-corrected chi connectivity index (χ1v) is 10.1. The minimum Gasteiger partial charge on any atom is -0.508 e. The quantitative estimate of drug-likeness (QED) is 0.606. The molecule has 0 amide bonds. The first-order valence-electron chi connectivity index (χ1n) is 9.07. The molecule has 0 aromatic heterocycles. The second-order valence-electron chi connectivity index (χ2n) is 6.78. The minimum absolute atomic E-state index is 0.0387. The molecule has 28 heavy (non-hydrogen) atoms. The summed E-state index contributed by atoms with van der Waals surface area (Å²) in [4.78, 5) is 11.7. The molecule has 2 atom stereocenters. The van der Waals surface area contributed by atoms with Gasteiger partial charge in [-0.25, -0.2) is 0 Å². The minimum atomic E-state index is -0.827. The summed E-state index contributed by atoms with van der Waals surface area (Å²) in [7, 11) is 0. The highest BCUT2D eigenvalue weighted by atomic mass is 32.2. The van der Waals surface area contributed by atoms with Gasteiger partial charge in [0.2, 0.25) is 0 Å². The van der Waals surface area contributed by atoms with Crippen LogP contribution in [-0.4, -0.2) is 28.5 Å². The lowest BCUT2D eigenvalue weighted by atomic mass is 9.76. The molecule has 0 saturated heterocycles. The number of carbonyl (C=O) groups is 1. The summed E-state index contributed by atoms with van der Waals surface area (Å²) in [6.07, 6.45) is 0. The van der Waals surface area contributed by atoms with E-state index in [0.717, 1.165) is 21.8 Å². The zero-order chi connectivity index (χ0) is 19.5. The molecule has 0 spiro atoms. The van der Waals surface area contributed by atoms with E-state index in [4.69, 9.17) is 9.84 Å². The maximum absolute atomic E-state index is 10.8. The molecule has 3 aromatic carbocycles. The number of phenols is 1. The van der Waals surface area contributed by atoms with Crippen LogP contribution in [0.5, 0.6) is 11.5 Å². The Morgan fingerprint density at radius 1 is 1.00 bits per heavy atom. The van der Waals surface area contributed by atoms with Gasteiger partial charge in [-0.15, -0.1) is 11.8 Å². The molecule has 3 aromatic rings. The van der Waals surface area contributed by atoms with E-state index >= 15 is 0 Å². The average Bonchev–Trinajstić information content (AvgIpc) is 2.72. The van der Waals surface area contributed by atoms with Gasteiger partial charge >= 0.3 is 5.97 Å². The Balaban J connectivity index is 1.73. The Labute approximate surface area is 167 Å². The van der Waals surface area contributed by atoms with Gasteiger partial charge < -0.3 is 14.9 Å². The Hall–Kier alpha value is -2.92. The summed E-state index contributed by atoms with van der Waals surface area (Å²) in [5.74, 6) is 0.380. The molecule has 1 aliphatic heterocycles. The molecule has 0 saturated carbocycles. The van der Waals surface area contributed by atoms with Crippen molar-refractivity contribution >= 4 is 17.7 Å². The van der Waals surface area contributed by atoms with Crippen LogP contribution < -0.4 is 4.74 Å². The molecule has 0 aliphatic carbocycles. The van der Waals surface area contributed by atoms with Gasteiger partial charge in [0.25, 0.3) is 0 Å². The van der Waals surface area contributed by atoms with Gasteiger partial charge in [0, 0.05) is 22.3 Å². The van der Waals surface area contributed by atoms with Gasteiger partial charge in [0.15, 0.2) is 0 Å². The topological polar surface area (TPSA) is 66.8 Å². The Morgan fingerprint density at radius 3 is 2.46 bits per heavy atom. The van der Waals surface area contributed by atoms with Crippen molar-refractivity contribution in [1.29, 1.82) is 0 Å². The van der Waals surface area contributed by atoms with Gasteiger partial charge in [-0.3, -0.25) is 4.79 Å². The molecule has 4 nitrogen and oxygen atoms in total. The highest BCUT2D eigenvalue weighted by Gasteiger charge is 2.33. The molecule has 2 N–H and O–H groups in total.